The fraction of sp³-hybridized carbons (Fsp3) is 0.174. The van der Waals surface area contributed by atoms with E-state index in [0.29, 0.717) is 23.5 Å². The molecule has 32 heavy (non-hydrogen) atoms. The van der Waals surface area contributed by atoms with Crippen molar-refractivity contribution < 1.29 is 14.5 Å². The third kappa shape index (κ3) is 4.72. The molecule has 4 rings (SSSR count). The number of carbonyl (C=O) groups excluding carboxylic acids is 2. The van der Waals surface area contributed by atoms with E-state index in [4.69, 9.17) is 0 Å². The van der Waals surface area contributed by atoms with E-state index in [1.54, 1.807) is 30.5 Å². The normalized spacial score (nSPS) is 14.8. The summed E-state index contributed by atoms with van der Waals surface area (Å²) in [6.45, 7) is 0. The molecule has 0 bridgehead atoms. The van der Waals surface area contributed by atoms with Gasteiger partial charge in [0.2, 0.25) is 5.91 Å². The van der Waals surface area contributed by atoms with Gasteiger partial charge in [-0.05, 0) is 43.0 Å². The first kappa shape index (κ1) is 21.0. The average molecular weight is 431 g/mol. The smallest absolute Gasteiger partial charge is 0.294 e. The second-order valence-corrected chi connectivity index (χ2v) is 7.45. The van der Waals surface area contributed by atoms with Crippen molar-refractivity contribution in [2.45, 2.75) is 19.3 Å². The highest BCUT2D eigenvalue weighted by molar-refractivity contribution is 6.07. The van der Waals surface area contributed by atoms with Crippen molar-refractivity contribution in [3.63, 3.8) is 0 Å². The number of carbonyl (C=O) groups is 2. The molecule has 0 spiro atoms. The van der Waals surface area contributed by atoms with Gasteiger partial charge in [-0.2, -0.15) is 0 Å². The Morgan fingerprint density at radius 3 is 2.59 bits per heavy atom. The Bertz CT molecular complexity index is 1190. The van der Waals surface area contributed by atoms with Gasteiger partial charge in [-0.3, -0.25) is 19.7 Å². The molecule has 2 amide bonds. The molecule has 1 aromatic heterocycles. The number of nitrogens with zero attached hydrogens (tertiary/aromatic N) is 3. The van der Waals surface area contributed by atoms with Crippen molar-refractivity contribution in [3.05, 3.63) is 89.0 Å². The van der Waals surface area contributed by atoms with Gasteiger partial charge in [0, 0.05) is 30.4 Å². The second kappa shape index (κ2) is 9.25. The quantitative estimate of drug-likeness (QED) is 0.328. The summed E-state index contributed by atoms with van der Waals surface area (Å²) in [7, 11) is 0. The van der Waals surface area contributed by atoms with Gasteiger partial charge >= 0.3 is 0 Å². The van der Waals surface area contributed by atoms with Crippen molar-refractivity contribution in [2.24, 2.45) is 5.92 Å². The Hall–Kier alpha value is -4.27. The Labute approximate surface area is 183 Å². The lowest BCUT2D eigenvalue weighted by Crippen LogP contribution is -2.18. The zero-order valence-corrected chi connectivity index (χ0v) is 17.1. The van der Waals surface area contributed by atoms with Crippen LogP contribution in [-0.4, -0.2) is 26.3 Å². The van der Waals surface area contributed by atoms with Crippen LogP contribution >= 0.6 is 0 Å². The molecular weight excluding hydrogens is 410 g/mol. The molecule has 9 nitrogen and oxygen atoms in total. The third-order valence-corrected chi connectivity index (χ3v) is 5.23. The number of anilines is 2. The summed E-state index contributed by atoms with van der Waals surface area (Å²) in [5, 5.41) is 17.1. The average Bonchev–Trinajstić information content (AvgIpc) is 3.49. The van der Waals surface area contributed by atoms with E-state index in [1.165, 1.54) is 35.3 Å². The fourth-order valence-corrected chi connectivity index (χ4v) is 3.63. The molecule has 1 aliphatic rings. The van der Waals surface area contributed by atoms with E-state index in [0.717, 1.165) is 12.8 Å². The van der Waals surface area contributed by atoms with Crippen molar-refractivity contribution in [2.75, 3.05) is 10.6 Å². The SMILES string of the molecule is O=C(CC1C=CCC1)Nc1ccccc1NC(=O)c1ccc(-n2ccnc2)c([N+](=O)[O-])c1. The van der Waals surface area contributed by atoms with E-state index in [2.05, 4.69) is 21.7 Å². The van der Waals surface area contributed by atoms with Crippen LogP contribution in [-0.2, 0) is 4.79 Å². The Morgan fingerprint density at radius 2 is 1.94 bits per heavy atom. The highest BCUT2D eigenvalue weighted by Crippen LogP contribution is 2.27. The molecule has 1 atom stereocenters. The van der Waals surface area contributed by atoms with Crippen LogP contribution in [0.25, 0.3) is 5.69 Å². The van der Waals surface area contributed by atoms with Crippen LogP contribution in [0.2, 0.25) is 0 Å². The predicted octanol–water partition coefficient (Wildman–Crippen LogP) is 4.33. The van der Waals surface area contributed by atoms with Crippen LogP contribution < -0.4 is 10.6 Å². The van der Waals surface area contributed by atoms with Crippen molar-refractivity contribution in [1.82, 2.24) is 9.55 Å². The highest BCUT2D eigenvalue weighted by atomic mass is 16.6. The van der Waals surface area contributed by atoms with E-state index >= 15 is 0 Å². The maximum Gasteiger partial charge on any atom is 0.294 e. The first-order chi connectivity index (χ1) is 15.5. The van der Waals surface area contributed by atoms with Gasteiger partial charge in [-0.25, -0.2) is 4.98 Å². The van der Waals surface area contributed by atoms with Gasteiger partial charge in [0.05, 0.1) is 22.6 Å². The number of hydrogen-bond donors (Lipinski definition) is 2. The van der Waals surface area contributed by atoms with Crippen LogP contribution in [0.4, 0.5) is 17.1 Å². The number of benzene rings is 2. The molecule has 2 aromatic carbocycles. The molecule has 0 saturated carbocycles. The van der Waals surface area contributed by atoms with Crippen molar-refractivity contribution in [3.8, 4) is 5.69 Å². The van der Waals surface area contributed by atoms with E-state index in [1.807, 2.05) is 6.08 Å². The van der Waals surface area contributed by atoms with Crippen LogP contribution in [0.15, 0.2) is 73.3 Å². The number of aromatic nitrogens is 2. The predicted molar refractivity (Wildman–Crippen MR) is 120 cm³/mol. The molecule has 0 saturated heterocycles. The summed E-state index contributed by atoms with van der Waals surface area (Å²) in [4.78, 5) is 40.1. The maximum atomic E-state index is 12.8. The standard InChI is InChI=1S/C23H21N5O4/c29-22(13-16-5-1-2-6-16)25-18-7-3-4-8-19(18)26-23(30)17-9-10-20(21(14-17)28(31)32)27-12-11-24-15-27/h1,3-5,7-12,14-16H,2,6,13H2,(H,25,29)(H,26,30). The molecule has 3 aromatic rings. The summed E-state index contributed by atoms with van der Waals surface area (Å²) >= 11 is 0. The second-order valence-electron chi connectivity index (χ2n) is 7.45. The Kier molecular flexibility index (Phi) is 6.07. The van der Waals surface area contributed by atoms with Crippen LogP contribution in [0.3, 0.4) is 0 Å². The number of imidazole rings is 1. The largest absolute Gasteiger partial charge is 0.324 e. The van der Waals surface area contributed by atoms with Gasteiger partial charge in [-0.1, -0.05) is 24.3 Å². The Balaban J connectivity index is 1.52. The van der Waals surface area contributed by atoms with E-state index in [9.17, 15) is 19.7 Å². The maximum absolute atomic E-state index is 12.8. The molecular formula is C23H21N5O4. The summed E-state index contributed by atoms with van der Waals surface area (Å²) in [6.07, 6.45) is 11.0. The van der Waals surface area contributed by atoms with Crippen LogP contribution in [0.1, 0.15) is 29.6 Å². The van der Waals surface area contributed by atoms with Crippen molar-refractivity contribution in [1.29, 1.82) is 0 Å². The van der Waals surface area contributed by atoms with E-state index in [-0.39, 0.29) is 23.1 Å². The van der Waals surface area contributed by atoms with Gasteiger partial charge in [0.15, 0.2) is 0 Å². The first-order valence-corrected chi connectivity index (χ1v) is 10.1. The zero-order chi connectivity index (χ0) is 22.5. The van der Waals surface area contributed by atoms with Gasteiger partial charge in [0.1, 0.15) is 5.69 Å². The van der Waals surface area contributed by atoms with Gasteiger partial charge in [0.25, 0.3) is 11.6 Å². The summed E-state index contributed by atoms with van der Waals surface area (Å²) < 4.78 is 1.50. The molecule has 1 unspecified atom stereocenters. The Morgan fingerprint density at radius 1 is 1.16 bits per heavy atom. The monoisotopic (exact) mass is 431 g/mol. The number of nitro benzene ring substituents is 1. The first-order valence-electron chi connectivity index (χ1n) is 10.1. The number of nitrogens with one attached hydrogen (secondary N) is 2. The fourth-order valence-electron chi connectivity index (χ4n) is 3.63. The topological polar surface area (TPSA) is 119 Å². The van der Waals surface area contributed by atoms with Crippen molar-refractivity contribution >= 4 is 28.9 Å². The van der Waals surface area contributed by atoms with E-state index < -0.39 is 10.8 Å². The molecule has 9 heteroatoms. The third-order valence-electron chi connectivity index (χ3n) is 5.23. The molecule has 1 aliphatic carbocycles. The number of amides is 2. The lowest BCUT2D eigenvalue weighted by molar-refractivity contribution is -0.384. The number of para-hydroxylation sites is 2. The number of nitro groups is 1. The summed E-state index contributed by atoms with van der Waals surface area (Å²) in [6, 6.07) is 11.1. The number of allylic oxidation sites excluding steroid dienone is 2. The summed E-state index contributed by atoms with van der Waals surface area (Å²) in [5.74, 6) is -0.430. The molecule has 0 fully saturated rings. The minimum atomic E-state index is -0.544. The highest BCUT2D eigenvalue weighted by Gasteiger charge is 2.20. The number of rotatable bonds is 7. The van der Waals surface area contributed by atoms with Gasteiger partial charge in [-0.15, -0.1) is 0 Å². The van der Waals surface area contributed by atoms with Crippen LogP contribution in [0.5, 0.6) is 0 Å². The van der Waals surface area contributed by atoms with Gasteiger partial charge < -0.3 is 15.2 Å². The lowest BCUT2D eigenvalue weighted by Gasteiger charge is -2.14. The van der Waals surface area contributed by atoms with Crippen LogP contribution in [0, 0.1) is 16.0 Å². The lowest BCUT2D eigenvalue weighted by atomic mass is 10.0. The minimum Gasteiger partial charge on any atom is -0.324 e. The number of hydrogen-bond acceptors (Lipinski definition) is 5. The zero-order valence-electron chi connectivity index (χ0n) is 17.1. The molecule has 162 valence electrons. The summed E-state index contributed by atoms with van der Waals surface area (Å²) in [5.41, 5.74) is 1.09. The minimum absolute atomic E-state index is 0.123. The molecule has 2 N–H and O–H groups in total. The molecule has 0 radical (unpaired) electrons. The molecule has 0 aliphatic heterocycles. The molecule has 1 heterocycles.